The maximum Gasteiger partial charge on any atom is 0.446 e. The predicted octanol–water partition coefficient (Wildman–Crippen LogP) is 4.52. The second-order valence-electron chi connectivity index (χ2n) is 2.96. The van der Waals surface area contributed by atoms with Gasteiger partial charge in [0.1, 0.15) is 0 Å². The Labute approximate surface area is 104 Å². The average Bonchev–Trinajstić information content (AvgIpc) is 2.17. The van der Waals surface area contributed by atoms with Crippen molar-refractivity contribution < 1.29 is 13.2 Å². The fourth-order valence-corrected chi connectivity index (χ4v) is 2.18. The molecule has 0 spiro atoms. The zero-order valence-electron chi connectivity index (χ0n) is 8.01. The number of halogens is 4. The third-order valence-corrected chi connectivity index (χ3v) is 3.25. The Bertz CT molecular complexity index is 412. The minimum absolute atomic E-state index is 0.142. The molecule has 0 heterocycles. The Morgan fingerprint density at radius 2 is 2.06 bits per heavy atom. The van der Waals surface area contributed by atoms with Crippen LogP contribution in [-0.4, -0.2) is 5.51 Å². The van der Waals surface area contributed by atoms with Crippen molar-refractivity contribution in [2.45, 2.75) is 23.2 Å². The summed E-state index contributed by atoms with van der Waals surface area (Å²) in [5, 5.41) is 8.42. The summed E-state index contributed by atoms with van der Waals surface area (Å²) in [7, 11) is 0. The number of thioether (sulfide) groups is 1. The number of alkyl halides is 3. The van der Waals surface area contributed by atoms with Crippen molar-refractivity contribution in [2.75, 3.05) is 0 Å². The minimum Gasteiger partial charge on any atom is -0.198 e. The normalized spacial score (nSPS) is 11.2. The second kappa shape index (κ2) is 5.60. The van der Waals surface area contributed by atoms with E-state index in [1.165, 1.54) is 12.1 Å². The van der Waals surface area contributed by atoms with Crippen LogP contribution in [0.25, 0.3) is 0 Å². The van der Waals surface area contributed by atoms with Crippen LogP contribution in [0.3, 0.4) is 0 Å². The summed E-state index contributed by atoms with van der Waals surface area (Å²) in [5.74, 6) is 0. The summed E-state index contributed by atoms with van der Waals surface area (Å²) in [6.07, 6.45) is 0.738. The highest BCUT2D eigenvalue weighted by molar-refractivity contribution is 9.10. The monoisotopic (exact) mass is 309 g/mol. The molecule has 0 N–H and O–H groups in total. The molecule has 16 heavy (non-hydrogen) atoms. The summed E-state index contributed by atoms with van der Waals surface area (Å²) in [5.41, 5.74) is -3.56. The van der Waals surface area contributed by atoms with Crippen LogP contribution in [0.15, 0.2) is 27.6 Å². The molecule has 1 nitrogen and oxygen atoms in total. The Hall–Kier alpha value is -0.670. The smallest absolute Gasteiger partial charge is 0.198 e. The van der Waals surface area contributed by atoms with E-state index in [1.54, 1.807) is 6.07 Å². The number of rotatable bonds is 3. The highest BCUT2D eigenvalue weighted by atomic mass is 79.9. The largest absolute Gasteiger partial charge is 0.446 e. The molecule has 1 aromatic rings. The number of hydrogen-bond acceptors (Lipinski definition) is 2. The Kier molecular flexibility index (Phi) is 4.69. The minimum atomic E-state index is -4.28. The van der Waals surface area contributed by atoms with E-state index in [0.29, 0.717) is 12.8 Å². The van der Waals surface area contributed by atoms with Crippen LogP contribution in [0, 0.1) is 11.3 Å². The second-order valence-corrected chi connectivity index (χ2v) is 4.95. The fourth-order valence-electron chi connectivity index (χ4n) is 1.13. The number of benzene rings is 1. The van der Waals surface area contributed by atoms with Crippen molar-refractivity contribution in [1.82, 2.24) is 0 Å². The van der Waals surface area contributed by atoms with Crippen molar-refractivity contribution in [3.05, 3.63) is 28.2 Å². The van der Waals surface area contributed by atoms with Crippen molar-refractivity contribution in [2.24, 2.45) is 0 Å². The van der Waals surface area contributed by atoms with E-state index in [4.69, 9.17) is 5.26 Å². The Balaban J connectivity index is 2.86. The highest BCUT2D eigenvalue weighted by Crippen LogP contribution is 2.38. The van der Waals surface area contributed by atoms with E-state index < -0.39 is 5.51 Å². The van der Waals surface area contributed by atoms with Crippen molar-refractivity contribution in [1.29, 1.82) is 5.26 Å². The molecule has 0 aliphatic carbocycles. The van der Waals surface area contributed by atoms with Gasteiger partial charge in [0, 0.05) is 15.8 Å². The molecule has 0 radical (unpaired) electrons. The van der Waals surface area contributed by atoms with Gasteiger partial charge < -0.3 is 0 Å². The first-order valence-electron chi connectivity index (χ1n) is 4.33. The molecule has 1 rings (SSSR count). The van der Waals surface area contributed by atoms with Gasteiger partial charge in [0.2, 0.25) is 0 Å². The van der Waals surface area contributed by atoms with E-state index in [2.05, 4.69) is 15.9 Å². The van der Waals surface area contributed by atoms with Crippen LogP contribution in [0.2, 0.25) is 0 Å². The van der Waals surface area contributed by atoms with Gasteiger partial charge in [-0.15, -0.1) is 0 Å². The van der Waals surface area contributed by atoms with Crippen LogP contribution in [0.1, 0.15) is 12.0 Å². The number of hydrogen-bond donors (Lipinski definition) is 0. The molecule has 0 saturated carbocycles. The van der Waals surface area contributed by atoms with Crippen molar-refractivity contribution >= 4 is 27.7 Å². The van der Waals surface area contributed by atoms with Crippen LogP contribution < -0.4 is 0 Å². The maximum absolute atomic E-state index is 12.1. The van der Waals surface area contributed by atoms with E-state index in [9.17, 15) is 13.2 Å². The van der Waals surface area contributed by atoms with Gasteiger partial charge in [-0.25, -0.2) is 0 Å². The molecule has 0 amide bonds. The standard InChI is InChI=1S/C10H7BrF3NS/c11-9-4-3-8(16-10(12,13)14)6-7(9)2-1-5-15/h3-4,6H,1-2H2. The lowest BCUT2D eigenvalue weighted by molar-refractivity contribution is -0.0328. The summed E-state index contributed by atoms with van der Waals surface area (Å²) in [6, 6.07) is 6.39. The summed E-state index contributed by atoms with van der Waals surface area (Å²) in [6.45, 7) is 0. The molecule has 0 saturated heterocycles. The molecular formula is C10H7BrF3NS. The van der Waals surface area contributed by atoms with Gasteiger partial charge in [-0.3, -0.25) is 0 Å². The summed E-state index contributed by atoms with van der Waals surface area (Å²) >= 11 is 3.09. The van der Waals surface area contributed by atoms with Crippen LogP contribution in [0.5, 0.6) is 0 Å². The van der Waals surface area contributed by atoms with E-state index in [-0.39, 0.29) is 16.7 Å². The molecule has 0 aliphatic rings. The van der Waals surface area contributed by atoms with Crippen molar-refractivity contribution in [3.8, 4) is 6.07 Å². The third-order valence-electron chi connectivity index (χ3n) is 1.76. The zero-order valence-corrected chi connectivity index (χ0v) is 10.4. The van der Waals surface area contributed by atoms with Gasteiger partial charge in [0.25, 0.3) is 0 Å². The number of nitrogens with zero attached hydrogens (tertiary/aromatic N) is 1. The SMILES string of the molecule is N#CCCc1cc(SC(F)(F)F)ccc1Br. The predicted molar refractivity (Wildman–Crippen MR) is 60.0 cm³/mol. The van der Waals surface area contributed by atoms with Gasteiger partial charge in [-0.05, 0) is 41.9 Å². The lowest BCUT2D eigenvalue weighted by Crippen LogP contribution is -1.99. The first kappa shape index (κ1) is 13.4. The molecule has 6 heteroatoms. The topological polar surface area (TPSA) is 23.8 Å². The van der Waals surface area contributed by atoms with Crippen molar-refractivity contribution in [3.63, 3.8) is 0 Å². The molecule has 0 aliphatic heterocycles. The van der Waals surface area contributed by atoms with Crippen LogP contribution in [0.4, 0.5) is 13.2 Å². The Morgan fingerprint density at radius 1 is 1.38 bits per heavy atom. The number of nitriles is 1. The summed E-state index contributed by atoms with van der Waals surface area (Å²) < 4.78 is 37.1. The van der Waals surface area contributed by atoms with Gasteiger partial charge in [-0.2, -0.15) is 18.4 Å². The lowest BCUT2D eigenvalue weighted by Gasteiger charge is -2.08. The summed E-state index contributed by atoms with van der Waals surface area (Å²) in [4.78, 5) is 0.142. The average molecular weight is 310 g/mol. The quantitative estimate of drug-likeness (QED) is 0.767. The molecule has 0 bridgehead atoms. The van der Waals surface area contributed by atoms with Crippen LogP contribution >= 0.6 is 27.7 Å². The Morgan fingerprint density at radius 3 is 2.62 bits per heavy atom. The lowest BCUT2D eigenvalue weighted by atomic mass is 10.1. The molecule has 0 atom stereocenters. The van der Waals surface area contributed by atoms with Gasteiger partial charge >= 0.3 is 5.51 Å². The molecular weight excluding hydrogens is 303 g/mol. The first-order chi connectivity index (χ1) is 7.42. The molecule has 86 valence electrons. The van der Waals surface area contributed by atoms with Gasteiger partial charge in [0.05, 0.1) is 6.07 Å². The molecule has 1 aromatic carbocycles. The van der Waals surface area contributed by atoms with Crippen LogP contribution in [-0.2, 0) is 6.42 Å². The fraction of sp³-hybridized carbons (Fsp3) is 0.300. The highest BCUT2D eigenvalue weighted by Gasteiger charge is 2.29. The molecule has 0 aromatic heterocycles. The van der Waals surface area contributed by atoms with E-state index >= 15 is 0 Å². The zero-order chi connectivity index (χ0) is 12.2. The van der Waals surface area contributed by atoms with E-state index in [0.717, 1.165) is 10.0 Å². The first-order valence-corrected chi connectivity index (χ1v) is 5.94. The molecule has 0 fully saturated rings. The molecule has 0 unspecified atom stereocenters. The van der Waals surface area contributed by atoms with E-state index in [1.807, 2.05) is 6.07 Å². The maximum atomic E-state index is 12.1. The third kappa shape index (κ3) is 4.45. The van der Waals surface area contributed by atoms with Gasteiger partial charge in [-0.1, -0.05) is 15.9 Å². The number of aryl methyl sites for hydroxylation is 1. The van der Waals surface area contributed by atoms with Gasteiger partial charge in [0.15, 0.2) is 0 Å².